The summed E-state index contributed by atoms with van der Waals surface area (Å²) in [4.78, 5) is 20.9. The first-order valence-electron chi connectivity index (χ1n) is 13.3. The lowest BCUT2D eigenvalue weighted by Crippen LogP contribution is -2.14. The van der Waals surface area contributed by atoms with Gasteiger partial charge in [0.2, 0.25) is 5.95 Å². The van der Waals surface area contributed by atoms with E-state index < -0.39 is 10.0 Å². The Morgan fingerprint density at radius 1 is 1.05 bits per heavy atom. The Hall–Kier alpha value is -4.80. The summed E-state index contributed by atoms with van der Waals surface area (Å²) < 4.78 is 41.1. The minimum Gasteiger partial charge on any atom is -0.493 e. The molecule has 6 bridgehead atoms. The minimum atomic E-state index is -3.97. The highest BCUT2D eigenvalue weighted by atomic mass is 32.2. The third-order valence-electron chi connectivity index (χ3n) is 6.30. The van der Waals surface area contributed by atoms with E-state index in [2.05, 4.69) is 26.6 Å². The second-order valence-corrected chi connectivity index (χ2v) is 11.2. The van der Waals surface area contributed by atoms with Crippen molar-refractivity contribution in [3.8, 4) is 17.0 Å². The summed E-state index contributed by atoms with van der Waals surface area (Å²) in [7, 11) is -3.97. The maximum Gasteiger partial charge on any atom is 0.261 e. The van der Waals surface area contributed by atoms with Gasteiger partial charge in [-0.2, -0.15) is 0 Å². The molecular weight excluding hydrogens is 552 g/mol. The number of anilines is 3. The fourth-order valence-electron chi connectivity index (χ4n) is 4.35. The van der Waals surface area contributed by atoms with Crippen molar-refractivity contribution < 1.29 is 22.7 Å². The molecule has 0 aliphatic carbocycles. The maximum atomic E-state index is 13.3. The molecule has 2 N–H and O–H groups in total. The Bertz CT molecular complexity index is 1740. The number of rotatable bonds is 6. The van der Waals surface area contributed by atoms with Gasteiger partial charge < -0.3 is 14.8 Å². The Morgan fingerprint density at radius 3 is 2.81 bits per heavy atom. The molecule has 214 valence electrons. The zero-order valence-corrected chi connectivity index (χ0v) is 23.6. The molecule has 0 spiro atoms. The van der Waals surface area contributed by atoms with Crippen molar-refractivity contribution in [1.82, 2.24) is 9.97 Å². The van der Waals surface area contributed by atoms with Crippen LogP contribution in [-0.4, -0.2) is 37.4 Å². The van der Waals surface area contributed by atoms with Crippen molar-refractivity contribution in [2.45, 2.75) is 24.3 Å². The normalized spacial score (nSPS) is 14.3. The van der Waals surface area contributed by atoms with Gasteiger partial charge in [-0.3, -0.25) is 9.52 Å². The van der Waals surface area contributed by atoms with E-state index in [4.69, 9.17) is 9.47 Å². The molecule has 42 heavy (non-hydrogen) atoms. The SMILES string of the molecule is C=CC(=O)Cc1cccc(S(=O)(=O)Nc2cc3cc(c2)Nc2nccc(n2)-c2cccc(c2)OCC/C=C/COC3)c1. The van der Waals surface area contributed by atoms with Crippen LogP contribution in [0.3, 0.4) is 0 Å². The van der Waals surface area contributed by atoms with Crippen LogP contribution < -0.4 is 14.8 Å². The van der Waals surface area contributed by atoms with Crippen LogP contribution >= 0.6 is 0 Å². The van der Waals surface area contributed by atoms with Crippen LogP contribution in [-0.2, 0) is 32.6 Å². The molecule has 0 saturated heterocycles. The quantitative estimate of drug-likeness (QED) is 0.215. The van der Waals surface area contributed by atoms with Crippen LogP contribution in [0.5, 0.6) is 5.75 Å². The van der Waals surface area contributed by atoms with E-state index in [1.165, 1.54) is 18.2 Å². The molecule has 4 aromatic rings. The number of ketones is 1. The number of carbonyl (C=O) groups excluding carboxylic acids is 1. The van der Waals surface area contributed by atoms with E-state index in [1.807, 2.05) is 48.6 Å². The zero-order valence-electron chi connectivity index (χ0n) is 22.8. The lowest BCUT2D eigenvalue weighted by atomic mass is 10.1. The molecule has 2 heterocycles. The first kappa shape index (κ1) is 28.7. The summed E-state index contributed by atoms with van der Waals surface area (Å²) in [5.41, 5.74) is 3.80. The molecule has 1 aromatic heterocycles. The molecule has 5 rings (SSSR count). The Balaban J connectivity index is 1.46. The van der Waals surface area contributed by atoms with Crippen LogP contribution in [0.4, 0.5) is 17.3 Å². The lowest BCUT2D eigenvalue weighted by molar-refractivity contribution is -0.114. The third-order valence-corrected chi connectivity index (χ3v) is 7.68. The molecule has 9 nitrogen and oxygen atoms in total. The van der Waals surface area contributed by atoms with Gasteiger partial charge in [-0.1, -0.05) is 43.0 Å². The summed E-state index contributed by atoms with van der Waals surface area (Å²) in [6.07, 6.45) is 7.59. The highest BCUT2D eigenvalue weighted by molar-refractivity contribution is 7.92. The van der Waals surface area contributed by atoms with Crippen LogP contribution in [0, 0.1) is 0 Å². The Kier molecular flexibility index (Phi) is 9.05. The predicted molar refractivity (Wildman–Crippen MR) is 162 cm³/mol. The van der Waals surface area contributed by atoms with Gasteiger partial charge in [-0.15, -0.1) is 0 Å². The molecule has 0 unspecified atom stereocenters. The third kappa shape index (κ3) is 7.68. The Morgan fingerprint density at radius 2 is 1.93 bits per heavy atom. The standard InChI is InChI=1S/C32H30N4O5S/c1-2-28(37)18-23-8-6-11-30(19-23)42(38,39)36-27-17-24-16-26(21-27)34-32-33-13-12-31(35-32)25-9-7-10-29(20-25)41-15-5-3-4-14-40-22-24/h2-4,6-13,16-17,19-21,36H,1,5,14-15,18,22H2,(H,33,34,35)/b4-3+. The summed E-state index contributed by atoms with van der Waals surface area (Å²) in [6, 6.07) is 21.0. The van der Waals surface area contributed by atoms with Gasteiger partial charge in [0.15, 0.2) is 5.78 Å². The molecule has 0 radical (unpaired) electrons. The second-order valence-electron chi connectivity index (χ2n) is 9.56. The van der Waals surface area contributed by atoms with E-state index >= 15 is 0 Å². The summed E-state index contributed by atoms with van der Waals surface area (Å²) in [5, 5.41) is 3.19. The number of aromatic nitrogens is 2. The fraction of sp³-hybridized carbons (Fsp3) is 0.156. The van der Waals surface area contributed by atoms with Gasteiger partial charge in [0.25, 0.3) is 10.0 Å². The number of allylic oxidation sites excluding steroid dienone is 1. The van der Waals surface area contributed by atoms with Gasteiger partial charge >= 0.3 is 0 Å². The first-order chi connectivity index (χ1) is 20.4. The predicted octanol–water partition coefficient (Wildman–Crippen LogP) is 5.84. The molecule has 3 aromatic carbocycles. The van der Waals surface area contributed by atoms with Crippen molar-refractivity contribution >= 4 is 33.1 Å². The molecule has 1 aliphatic heterocycles. The van der Waals surface area contributed by atoms with Gasteiger partial charge in [0.1, 0.15) is 5.75 Å². The smallest absolute Gasteiger partial charge is 0.261 e. The number of sulfonamides is 1. The highest BCUT2D eigenvalue weighted by Crippen LogP contribution is 2.27. The molecule has 0 atom stereocenters. The summed E-state index contributed by atoms with van der Waals surface area (Å²) in [5.74, 6) is 0.892. The number of ether oxygens (including phenoxy) is 2. The largest absolute Gasteiger partial charge is 0.493 e. The summed E-state index contributed by atoms with van der Waals surface area (Å²) >= 11 is 0. The van der Waals surface area contributed by atoms with Gasteiger partial charge in [0, 0.05) is 23.9 Å². The lowest BCUT2D eigenvalue weighted by Gasteiger charge is -2.14. The van der Waals surface area contributed by atoms with E-state index in [9.17, 15) is 13.2 Å². The van der Waals surface area contributed by atoms with E-state index in [1.54, 1.807) is 30.5 Å². The number of carbonyl (C=O) groups is 1. The number of hydrogen-bond acceptors (Lipinski definition) is 8. The number of hydrogen-bond donors (Lipinski definition) is 2. The average Bonchev–Trinajstić information content (AvgIpc) is 2.98. The molecular formula is C32H30N4O5S. The maximum absolute atomic E-state index is 13.3. The molecule has 10 heteroatoms. The van der Waals surface area contributed by atoms with E-state index in [0.29, 0.717) is 41.8 Å². The monoisotopic (exact) mass is 582 g/mol. The van der Waals surface area contributed by atoms with Crippen LogP contribution in [0.1, 0.15) is 17.5 Å². The molecule has 0 amide bonds. The van der Waals surface area contributed by atoms with Gasteiger partial charge in [-0.25, -0.2) is 18.4 Å². The average molecular weight is 583 g/mol. The van der Waals surface area contributed by atoms with Crippen LogP contribution in [0.2, 0.25) is 0 Å². The number of benzene rings is 3. The zero-order chi connectivity index (χ0) is 29.4. The van der Waals surface area contributed by atoms with Crippen molar-refractivity contribution in [3.05, 3.63) is 115 Å². The molecule has 0 saturated carbocycles. The molecule has 0 fully saturated rings. The van der Waals surface area contributed by atoms with Crippen molar-refractivity contribution in [2.75, 3.05) is 23.3 Å². The fourth-order valence-corrected chi connectivity index (χ4v) is 5.46. The van der Waals surface area contributed by atoms with E-state index in [-0.39, 0.29) is 23.7 Å². The van der Waals surface area contributed by atoms with Gasteiger partial charge in [0.05, 0.1) is 36.1 Å². The number of nitrogens with one attached hydrogen (secondary N) is 2. The first-order valence-corrected chi connectivity index (χ1v) is 14.8. The Labute approximate surface area is 245 Å². The van der Waals surface area contributed by atoms with E-state index in [0.717, 1.165) is 23.3 Å². The second kappa shape index (κ2) is 13.2. The van der Waals surface area contributed by atoms with Gasteiger partial charge in [-0.05, 0) is 72.2 Å². The van der Waals surface area contributed by atoms with Crippen LogP contribution in [0.25, 0.3) is 11.3 Å². The van der Waals surface area contributed by atoms with Crippen LogP contribution in [0.15, 0.2) is 109 Å². The molecule has 1 aliphatic rings. The van der Waals surface area contributed by atoms with Crippen molar-refractivity contribution in [1.29, 1.82) is 0 Å². The number of fused-ring (bicyclic) bond motifs is 7. The van der Waals surface area contributed by atoms with Crippen molar-refractivity contribution in [3.63, 3.8) is 0 Å². The summed E-state index contributed by atoms with van der Waals surface area (Å²) in [6.45, 7) is 4.63. The number of nitrogens with zero attached hydrogens (tertiary/aromatic N) is 2. The topological polar surface area (TPSA) is 120 Å². The van der Waals surface area contributed by atoms with Crippen molar-refractivity contribution in [2.24, 2.45) is 0 Å². The highest BCUT2D eigenvalue weighted by Gasteiger charge is 2.17. The minimum absolute atomic E-state index is 0.0434.